The van der Waals surface area contributed by atoms with E-state index < -0.39 is 26.0 Å². The minimum Gasteiger partial charge on any atom is -0.492 e. The number of aryl methyl sites for hydroxylation is 1. The number of morpholine rings is 1. The Morgan fingerprint density at radius 3 is 2.11 bits per heavy atom. The van der Waals surface area contributed by atoms with Crippen LogP contribution in [0.4, 0.5) is 0 Å². The molecule has 0 atom stereocenters. The Balaban J connectivity index is 1.31. The van der Waals surface area contributed by atoms with Gasteiger partial charge in [0.1, 0.15) is 12.4 Å². The van der Waals surface area contributed by atoms with Gasteiger partial charge < -0.3 is 19.7 Å². The highest BCUT2D eigenvalue weighted by Crippen LogP contribution is 2.22. The third kappa shape index (κ3) is 6.53. The molecule has 13 heteroatoms. The van der Waals surface area contributed by atoms with Gasteiger partial charge in [-0.2, -0.15) is 8.61 Å². The van der Waals surface area contributed by atoms with Gasteiger partial charge in [-0.1, -0.05) is 6.07 Å². The van der Waals surface area contributed by atoms with Gasteiger partial charge in [-0.05, 0) is 55.9 Å². The first-order valence-electron chi connectivity index (χ1n) is 12.5. The van der Waals surface area contributed by atoms with Crippen molar-refractivity contribution in [1.82, 2.24) is 18.8 Å². The van der Waals surface area contributed by atoms with Crippen LogP contribution in [0.25, 0.3) is 0 Å². The first-order valence-corrected chi connectivity index (χ1v) is 15.4. The molecule has 0 bridgehead atoms. The van der Waals surface area contributed by atoms with Crippen molar-refractivity contribution in [3.05, 3.63) is 53.6 Å². The topological polar surface area (TPSA) is 126 Å². The van der Waals surface area contributed by atoms with Crippen molar-refractivity contribution in [3.8, 4) is 5.75 Å². The molecule has 0 saturated carbocycles. The maximum atomic E-state index is 13.1. The lowest BCUT2D eigenvalue weighted by Crippen LogP contribution is -2.47. The first kappa shape index (κ1) is 28.5. The van der Waals surface area contributed by atoms with Crippen LogP contribution in [0.3, 0.4) is 0 Å². The highest BCUT2D eigenvalue weighted by molar-refractivity contribution is 7.89. The molecule has 2 aromatic rings. The standard InChI is InChI=1S/C25H34N4O7S2/c1-20-3-6-23(38(33,34)28-12-10-27(2)11-13-28)19-24(20)25(30)26-9-16-36-21-4-7-22(8-5-21)37(31,32)29-14-17-35-18-15-29/h3-8,19H,9-18H2,1-2H3,(H,26,30). The average molecular weight is 567 g/mol. The zero-order chi connectivity index (χ0) is 27.3. The summed E-state index contributed by atoms with van der Waals surface area (Å²) in [6.07, 6.45) is 0. The Hall–Kier alpha value is -2.55. The smallest absolute Gasteiger partial charge is 0.251 e. The lowest BCUT2D eigenvalue weighted by atomic mass is 10.1. The van der Waals surface area contributed by atoms with Crippen molar-refractivity contribution in [2.45, 2.75) is 16.7 Å². The van der Waals surface area contributed by atoms with Crippen LogP contribution in [0.15, 0.2) is 52.3 Å². The van der Waals surface area contributed by atoms with E-state index in [0.717, 1.165) is 0 Å². The van der Waals surface area contributed by atoms with Crippen LogP contribution < -0.4 is 10.1 Å². The number of nitrogens with zero attached hydrogens (tertiary/aromatic N) is 3. The third-order valence-electron chi connectivity index (χ3n) is 6.64. The second kappa shape index (κ2) is 12.1. The Bertz CT molecular complexity index is 1330. The van der Waals surface area contributed by atoms with E-state index in [1.165, 1.54) is 32.9 Å². The summed E-state index contributed by atoms with van der Waals surface area (Å²) in [6, 6.07) is 10.7. The van der Waals surface area contributed by atoms with Gasteiger partial charge in [0.15, 0.2) is 0 Å². The zero-order valence-corrected chi connectivity index (χ0v) is 23.3. The molecular weight excluding hydrogens is 532 g/mol. The van der Waals surface area contributed by atoms with Crippen molar-refractivity contribution in [3.63, 3.8) is 0 Å². The van der Waals surface area contributed by atoms with E-state index in [-0.39, 0.29) is 28.5 Å². The Kier molecular flexibility index (Phi) is 9.06. The third-order valence-corrected chi connectivity index (χ3v) is 10.4. The summed E-state index contributed by atoms with van der Waals surface area (Å²) in [7, 11) is -5.32. The summed E-state index contributed by atoms with van der Waals surface area (Å²) in [4.78, 5) is 15.2. The monoisotopic (exact) mass is 566 g/mol. The molecule has 0 spiro atoms. The fourth-order valence-electron chi connectivity index (χ4n) is 4.26. The van der Waals surface area contributed by atoms with Gasteiger partial charge in [0.2, 0.25) is 20.0 Å². The number of piperazine rings is 1. The number of hydrogen-bond donors (Lipinski definition) is 1. The number of hydrogen-bond acceptors (Lipinski definition) is 8. The van der Waals surface area contributed by atoms with E-state index in [0.29, 0.717) is 63.8 Å². The molecule has 38 heavy (non-hydrogen) atoms. The number of sulfonamides is 2. The number of rotatable bonds is 9. The van der Waals surface area contributed by atoms with Crippen LogP contribution in [0.5, 0.6) is 5.75 Å². The Labute approximate surface area is 224 Å². The first-order chi connectivity index (χ1) is 18.1. The highest BCUT2D eigenvalue weighted by atomic mass is 32.2. The minimum absolute atomic E-state index is 0.0983. The Morgan fingerprint density at radius 2 is 1.45 bits per heavy atom. The van der Waals surface area contributed by atoms with Gasteiger partial charge in [-0.15, -0.1) is 0 Å². The molecule has 2 heterocycles. The molecule has 0 radical (unpaired) electrons. The maximum Gasteiger partial charge on any atom is 0.251 e. The number of benzene rings is 2. The quantitative estimate of drug-likeness (QED) is 0.441. The summed E-state index contributed by atoms with van der Waals surface area (Å²) < 4.78 is 65.3. The summed E-state index contributed by atoms with van der Waals surface area (Å²) in [5, 5.41) is 2.76. The molecule has 0 aliphatic carbocycles. The highest BCUT2D eigenvalue weighted by Gasteiger charge is 2.29. The van der Waals surface area contributed by atoms with Gasteiger partial charge in [-0.3, -0.25) is 4.79 Å². The van der Waals surface area contributed by atoms with E-state index in [9.17, 15) is 21.6 Å². The molecule has 2 fully saturated rings. The van der Waals surface area contributed by atoms with Gasteiger partial charge in [-0.25, -0.2) is 16.8 Å². The molecule has 208 valence electrons. The predicted molar refractivity (Wildman–Crippen MR) is 141 cm³/mol. The van der Waals surface area contributed by atoms with Gasteiger partial charge >= 0.3 is 0 Å². The van der Waals surface area contributed by atoms with Crippen LogP contribution in [-0.4, -0.2) is 109 Å². The van der Waals surface area contributed by atoms with Crippen LogP contribution in [-0.2, 0) is 24.8 Å². The number of ether oxygens (including phenoxy) is 2. The van der Waals surface area contributed by atoms with E-state index >= 15 is 0 Å². The number of nitrogens with one attached hydrogen (secondary N) is 1. The van der Waals surface area contributed by atoms with Crippen molar-refractivity contribution in [1.29, 1.82) is 0 Å². The lowest BCUT2D eigenvalue weighted by molar-refractivity contribution is 0.0730. The number of amides is 1. The summed E-state index contributed by atoms with van der Waals surface area (Å²) >= 11 is 0. The second-order valence-electron chi connectivity index (χ2n) is 9.28. The molecule has 1 amide bonds. The van der Waals surface area contributed by atoms with E-state index in [4.69, 9.17) is 9.47 Å². The van der Waals surface area contributed by atoms with E-state index in [2.05, 4.69) is 10.2 Å². The van der Waals surface area contributed by atoms with Crippen molar-refractivity contribution in [2.24, 2.45) is 0 Å². The Morgan fingerprint density at radius 1 is 0.868 bits per heavy atom. The maximum absolute atomic E-state index is 13.1. The molecule has 2 saturated heterocycles. The largest absolute Gasteiger partial charge is 0.492 e. The normalized spacial score (nSPS) is 18.3. The molecule has 2 aliphatic heterocycles. The number of carbonyl (C=O) groups is 1. The van der Waals surface area contributed by atoms with Gasteiger partial charge in [0.05, 0.1) is 29.5 Å². The van der Waals surface area contributed by atoms with Gasteiger partial charge in [0, 0.05) is 44.8 Å². The molecule has 11 nitrogen and oxygen atoms in total. The molecule has 4 rings (SSSR count). The summed E-state index contributed by atoms with van der Waals surface area (Å²) in [6.45, 7) is 5.62. The summed E-state index contributed by atoms with van der Waals surface area (Å²) in [5.74, 6) is 0.0742. The van der Waals surface area contributed by atoms with Crippen LogP contribution in [0, 0.1) is 6.92 Å². The van der Waals surface area contributed by atoms with Gasteiger partial charge in [0.25, 0.3) is 5.91 Å². The molecule has 0 unspecified atom stereocenters. The summed E-state index contributed by atoms with van der Waals surface area (Å²) in [5.41, 5.74) is 0.954. The average Bonchev–Trinajstić information content (AvgIpc) is 2.92. The van der Waals surface area contributed by atoms with Crippen LogP contribution in [0.1, 0.15) is 15.9 Å². The SMILES string of the molecule is Cc1ccc(S(=O)(=O)N2CCN(C)CC2)cc1C(=O)NCCOc1ccc(S(=O)(=O)N2CCOCC2)cc1. The van der Waals surface area contributed by atoms with E-state index in [1.54, 1.807) is 25.1 Å². The number of likely N-dealkylation sites (N-methyl/N-ethyl adjacent to an activating group) is 1. The molecular formula is C25H34N4O7S2. The zero-order valence-electron chi connectivity index (χ0n) is 21.6. The molecule has 2 aliphatic rings. The fraction of sp³-hybridized carbons (Fsp3) is 0.480. The molecule has 1 N–H and O–H groups in total. The molecule has 2 aromatic carbocycles. The van der Waals surface area contributed by atoms with Crippen molar-refractivity contribution >= 4 is 26.0 Å². The van der Waals surface area contributed by atoms with Crippen molar-refractivity contribution < 1.29 is 31.1 Å². The fourth-order valence-corrected chi connectivity index (χ4v) is 7.11. The predicted octanol–water partition coefficient (Wildman–Crippen LogP) is 0.761. The second-order valence-corrected chi connectivity index (χ2v) is 13.2. The van der Waals surface area contributed by atoms with Crippen molar-refractivity contribution in [2.75, 3.05) is 72.7 Å². The van der Waals surface area contributed by atoms with E-state index in [1.807, 2.05) is 7.05 Å². The van der Waals surface area contributed by atoms with Crippen LogP contribution >= 0.6 is 0 Å². The minimum atomic E-state index is -3.69. The molecule has 0 aromatic heterocycles. The lowest BCUT2D eigenvalue weighted by Gasteiger charge is -2.31. The van der Waals surface area contributed by atoms with Crippen LogP contribution in [0.2, 0.25) is 0 Å². The number of carbonyl (C=O) groups excluding carboxylic acids is 1.